The van der Waals surface area contributed by atoms with Gasteiger partial charge in [0.25, 0.3) is 0 Å². The first kappa shape index (κ1) is 13.8. The molecule has 4 nitrogen and oxygen atoms in total. The van der Waals surface area contributed by atoms with Crippen LogP contribution in [-0.2, 0) is 16.0 Å². The van der Waals surface area contributed by atoms with Gasteiger partial charge < -0.3 is 10.0 Å². The molecule has 0 saturated carbocycles. The number of alkyl halides is 1. The first-order valence-electron chi connectivity index (χ1n) is 5.88. The third kappa shape index (κ3) is 3.04. The zero-order valence-electron chi connectivity index (χ0n) is 10.1. The van der Waals surface area contributed by atoms with Crippen LogP contribution in [0.2, 0.25) is 0 Å². The second-order valence-corrected chi connectivity index (χ2v) is 5.11. The molecule has 6 heteroatoms. The summed E-state index contributed by atoms with van der Waals surface area (Å²) in [7, 11) is 0. The second-order valence-electron chi connectivity index (χ2n) is 4.50. The molecule has 0 bridgehead atoms. The Kier molecular flexibility index (Phi) is 4.04. The number of amides is 1. The lowest BCUT2D eigenvalue weighted by Gasteiger charge is -2.24. The van der Waals surface area contributed by atoms with Crippen LogP contribution in [0.1, 0.15) is 12.0 Å². The highest BCUT2D eigenvalue weighted by molar-refractivity contribution is 6.22. The Morgan fingerprint density at radius 3 is 2.74 bits per heavy atom. The van der Waals surface area contributed by atoms with Crippen LogP contribution in [0.3, 0.4) is 0 Å². The van der Waals surface area contributed by atoms with Crippen LogP contribution in [0, 0.1) is 5.82 Å². The Labute approximate surface area is 114 Å². The van der Waals surface area contributed by atoms with E-state index in [0.29, 0.717) is 0 Å². The van der Waals surface area contributed by atoms with Crippen LogP contribution >= 0.6 is 11.6 Å². The summed E-state index contributed by atoms with van der Waals surface area (Å²) in [4.78, 5) is 24.2. The minimum absolute atomic E-state index is 0.0582. The van der Waals surface area contributed by atoms with E-state index >= 15 is 0 Å². The summed E-state index contributed by atoms with van der Waals surface area (Å²) in [6.07, 6.45) is 0.0694. The molecule has 0 radical (unpaired) electrons. The number of halogens is 2. The zero-order valence-corrected chi connectivity index (χ0v) is 10.8. The van der Waals surface area contributed by atoms with E-state index in [2.05, 4.69) is 0 Å². The molecule has 1 fully saturated rings. The number of carbonyl (C=O) groups excluding carboxylic acids is 1. The molecule has 2 atom stereocenters. The van der Waals surface area contributed by atoms with E-state index in [9.17, 15) is 19.1 Å². The topological polar surface area (TPSA) is 57.6 Å². The molecule has 2 rings (SSSR count). The molecule has 1 N–H and O–H groups in total. The quantitative estimate of drug-likeness (QED) is 0.856. The lowest BCUT2D eigenvalue weighted by Crippen LogP contribution is -2.44. The number of rotatable bonds is 4. The van der Waals surface area contributed by atoms with Crippen LogP contribution in [0.25, 0.3) is 0 Å². The average Bonchev–Trinajstić information content (AvgIpc) is 2.67. The number of likely N-dealkylation sites (tertiary alicyclic amines) is 1. The molecular weight excluding hydrogens is 273 g/mol. The first-order chi connectivity index (χ1) is 8.99. The maximum Gasteiger partial charge on any atom is 0.326 e. The molecule has 1 aliphatic rings. The van der Waals surface area contributed by atoms with Crippen LogP contribution < -0.4 is 0 Å². The van der Waals surface area contributed by atoms with Gasteiger partial charge in [-0.05, 0) is 11.6 Å². The van der Waals surface area contributed by atoms with Gasteiger partial charge in [-0.15, -0.1) is 11.6 Å². The molecule has 1 unspecified atom stereocenters. The van der Waals surface area contributed by atoms with Crippen molar-refractivity contribution in [3.05, 3.63) is 35.6 Å². The Balaban J connectivity index is 2.20. The van der Waals surface area contributed by atoms with Crippen molar-refractivity contribution in [1.82, 2.24) is 4.90 Å². The van der Waals surface area contributed by atoms with Crippen LogP contribution in [0.15, 0.2) is 24.3 Å². The molecular formula is C13H13ClFNO3. The number of carboxylic acid groups (broad SMARTS) is 1. The van der Waals surface area contributed by atoms with Gasteiger partial charge in [0.1, 0.15) is 11.9 Å². The summed E-state index contributed by atoms with van der Waals surface area (Å²) in [5, 5.41) is 8.85. The van der Waals surface area contributed by atoms with Crippen molar-refractivity contribution in [2.24, 2.45) is 0 Å². The SMILES string of the molecule is O=C(O)[C@@H](Cc1ccccc1F)N1CC(Cl)CC1=O. The Morgan fingerprint density at radius 1 is 1.53 bits per heavy atom. The third-order valence-electron chi connectivity index (χ3n) is 3.14. The fourth-order valence-electron chi connectivity index (χ4n) is 2.19. The van der Waals surface area contributed by atoms with Gasteiger partial charge in [-0.25, -0.2) is 9.18 Å². The summed E-state index contributed by atoms with van der Waals surface area (Å²) in [5.41, 5.74) is 0.278. The molecule has 1 amide bonds. The minimum atomic E-state index is -1.15. The summed E-state index contributed by atoms with van der Waals surface area (Å²) in [5.74, 6) is -1.92. The van der Waals surface area contributed by atoms with Crippen LogP contribution in [-0.4, -0.2) is 39.8 Å². The predicted molar refractivity (Wildman–Crippen MR) is 67.5 cm³/mol. The second kappa shape index (κ2) is 5.57. The van der Waals surface area contributed by atoms with Crippen molar-refractivity contribution in [3.8, 4) is 0 Å². The first-order valence-corrected chi connectivity index (χ1v) is 6.32. The molecule has 0 spiro atoms. The van der Waals surface area contributed by atoms with E-state index in [1.807, 2.05) is 0 Å². The summed E-state index contributed by atoms with van der Waals surface area (Å²) >= 11 is 5.86. The molecule has 19 heavy (non-hydrogen) atoms. The standard InChI is InChI=1S/C13H13ClFNO3/c14-9-6-12(17)16(7-9)11(13(18)19)5-8-3-1-2-4-10(8)15/h1-4,9,11H,5-7H2,(H,18,19)/t9?,11-/m1/s1. The third-order valence-corrected chi connectivity index (χ3v) is 3.44. The number of aliphatic carboxylic acids is 1. The number of carboxylic acids is 1. The number of hydrogen-bond donors (Lipinski definition) is 1. The summed E-state index contributed by atoms with van der Waals surface area (Å²) < 4.78 is 13.6. The Bertz CT molecular complexity index is 508. The summed E-state index contributed by atoms with van der Waals surface area (Å²) in [6.45, 7) is 0.186. The molecule has 0 aliphatic carbocycles. The van der Waals surface area contributed by atoms with E-state index in [1.165, 1.54) is 23.1 Å². The van der Waals surface area contributed by atoms with E-state index in [-0.39, 0.29) is 36.2 Å². The van der Waals surface area contributed by atoms with Gasteiger partial charge in [0, 0.05) is 19.4 Å². The minimum Gasteiger partial charge on any atom is -0.480 e. The van der Waals surface area contributed by atoms with E-state index in [1.54, 1.807) is 6.07 Å². The lowest BCUT2D eigenvalue weighted by molar-refractivity contribution is -0.148. The predicted octanol–water partition coefficient (Wildman–Crippen LogP) is 1.66. The van der Waals surface area contributed by atoms with Crippen molar-refractivity contribution in [1.29, 1.82) is 0 Å². The Morgan fingerprint density at radius 2 is 2.21 bits per heavy atom. The molecule has 102 valence electrons. The number of nitrogens with zero attached hydrogens (tertiary/aromatic N) is 1. The monoisotopic (exact) mass is 285 g/mol. The van der Waals surface area contributed by atoms with Crippen LogP contribution in [0.5, 0.6) is 0 Å². The van der Waals surface area contributed by atoms with Crippen molar-refractivity contribution in [2.75, 3.05) is 6.54 Å². The van der Waals surface area contributed by atoms with Gasteiger partial charge in [0.05, 0.1) is 5.38 Å². The van der Waals surface area contributed by atoms with E-state index < -0.39 is 17.8 Å². The van der Waals surface area contributed by atoms with E-state index in [4.69, 9.17) is 11.6 Å². The van der Waals surface area contributed by atoms with Crippen molar-refractivity contribution in [2.45, 2.75) is 24.3 Å². The van der Waals surface area contributed by atoms with Gasteiger partial charge in [-0.1, -0.05) is 18.2 Å². The highest BCUT2D eigenvalue weighted by Crippen LogP contribution is 2.22. The number of benzene rings is 1. The lowest BCUT2D eigenvalue weighted by atomic mass is 10.0. The molecule has 1 aliphatic heterocycles. The summed E-state index contributed by atoms with van der Waals surface area (Å²) in [6, 6.07) is 4.87. The molecule has 1 aromatic carbocycles. The van der Waals surface area contributed by atoms with Gasteiger partial charge in [0.15, 0.2) is 0 Å². The fourth-order valence-corrected chi connectivity index (χ4v) is 2.47. The molecule has 1 saturated heterocycles. The maximum atomic E-state index is 13.6. The van der Waals surface area contributed by atoms with Gasteiger partial charge >= 0.3 is 5.97 Å². The number of carbonyl (C=O) groups is 2. The highest BCUT2D eigenvalue weighted by atomic mass is 35.5. The molecule has 1 aromatic rings. The average molecular weight is 286 g/mol. The molecule has 1 heterocycles. The van der Waals surface area contributed by atoms with E-state index in [0.717, 1.165) is 0 Å². The Hall–Kier alpha value is -1.62. The van der Waals surface area contributed by atoms with Gasteiger partial charge in [0.2, 0.25) is 5.91 Å². The van der Waals surface area contributed by atoms with Gasteiger partial charge in [-0.2, -0.15) is 0 Å². The largest absolute Gasteiger partial charge is 0.480 e. The highest BCUT2D eigenvalue weighted by Gasteiger charge is 2.37. The number of hydrogen-bond acceptors (Lipinski definition) is 2. The zero-order chi connectivity index (χ0) is 14.0. The maximum absolute atomic E-state index is 13.6. The molecule has 0 aromatic heterocycles. The van der Waals surface area contributed by atoms with Crippen molar-refractivity contribution in [3.63, 3.8) is 0 Å². The normalized spacial score (nSPS) is 20.6. The fraction of sp³-hybridized carbons (Fsp3) is 0.385. The van der Waals surface area contributed by atoms with Crippen molar-refractivity contribution < 1.29 is 19.1 Å². The smallest absolute Gasteiger partial charge is 0.326 e. The van der Waals surface area contributed by atoms with Crippen molar-refractivity contribution >= 4 is 23.5 Å². The van der Waals surface area contributed by atoms with Crippen LogP contribution in [0.4, 0.5) is 4.39 Å². The van der Waals surface area contributed by atoms with Gasteiger partial charge in [-0.3, -0.25) is 4.79 Å².